The Morgan fingerprint density at radius 1 is 1.80 bits per heavy atom. The Hall–Kier alpha value is -0.260. The molecule has 0 saturated heterocycles. The quantitative estimate of drug-likeness (QED) is 0.440. The molecule has 0 fully saturated rings. The van der Waals surface area contributed by atoms with Crippen molar-refractivity contribution in [3.63, 3.8) is 0 Å². The van der Waals surface area contributed by atoms with Crippen LogP contribution in [0.5, 0.6) is 0 Å². The highest BCUT2D eigenvalue weighted by Crippen LogP contribution is 1.73. The van der Waals surface area contributed by atoms with E-state index in [1.165, 1.54) is 0 Å². The highest BCUT2D eigenvalue weighted by Gasteiger charge is 1.52. The van der Waals surface area contributed by atoms with Crippen molar-refractivity contribution in [3.05, 3.63) is 19.1 Å². The van der Waals surface area contributed by atoms with E-state index >= 15 is 0 Å². The molecule has 5 heavy (non-hydrogen) atoms. The Labute approximate surface area is 33.5 Å². The molecule has 0 spiro atoms. The van der Waals surface area contributed by atoms with Crippen LogP contribution in [0.2, 0.25) is 0 Å². The van der Waals surface area contributed by atoms with Gasteiger partial charge in [-0.25, -0.2) is 0 Å². The first-order chi connectivity index (χ1) is 2.41. The molecule has 0 rings (SSSR count). The SMILES string of the molecule is [CH2]/C=C/CC. The molecular weight excluding hydrogens is 60.1 g/mol. The Balaban J connectivity index is 2.62. The first-order valence-corrected chi connectivity index (χ1v) is 1.86. The Morgan fingerprint density at radius 2 is 2.40 bits per heavy atom. The molecule has 0 N–H and O–H groups in total. The highest BCUT2D eigenvalue weighted by atomic mass is 13.6. The normalized spacial score (nSPS) is 10.0. The van der Waals surface area contributed by atoms with E-state index in [1.807, 2.05) is 6.08 Å². The monoisotopic (exact) mass is 69.1 g/mol. The van der Waals surface area contributed by atoms with Crippen molar-refractivity contribution in [3.8, 4) is 0 Å². The van der Waals surface area contributed by atoms with Crippen molar-refractivity contribution < 1.29 is 0 Å². The van der Waals surface area contributed by atoms with Crippen LogP contribution in [-0.2, 0) is 0 Å². The van der Waals surface area contributed by atoms with E-state index in [9.17, 15) is 0 Å². The van der Waals surface area contributed by atoms with Crippen LogP contribution in [0.15, 0.2) is 12.2 Å². The minimum absolute atomic E-state index is 1.10. The van der Waals surface area contributed by atoms with Crippen LogP contribution in [0.3, 0.4) is 0 Å². The van der Waals surface area contributed by atoms with Crippen LogP contribution < -0.4 is 0 Å². The van der Waals surface area contributed by atoms with E-state index < -0.39 is 0 Å². The average molecular weight is 69.1 g/mol. The summed E-state index contributed by atoms with van der Waals surface area (Å²) in [4.78, 5) is 0. The zero-order valence-corrected chi connectivity index (χ0v) is 3.57. The lowest BCUT2D eigenvalue weighted by Crippen LogP contribution is -1.44. The van der Waals surface area contributed by atoms with Crippen molar-refractivity contribution in [2.45, 2.75) is 13.3 Å². The van der Waals surface area contributed by atoms with Crippen LogP contribution in [0.1, 0.15) is 13.3 Å². The second-order valence-electron chi connectivity index (χ2n) is 0.880. The summed E-state index contributed by atoms with van der Waals surface area (Å²) in [6.45, 7) is 5.58. The van der Waals surface area contributed by atoms with Gasteiger partial charge in [-0.05, 0) is 13.3 Å². The number of rotatable bonds is 1. The van der Waals surface area contributed by atoms with Crippen molar-refractivity contribution in [2.75, 3.05) is 0 Å². The molecule has 0 aliphatic carbocycles. The second kappa shape index (κ2) is 3.74. The summed E-state index contributed by atoms with van der Waals surface area (Å²) in [5, 5.41) is 0. The molecule has 0 heteroatoms. The van der Waals surface area contributed by atoms with Crippen molar-refractivity contribution in [2.24, 2.45) is 0 Å². The first kappa shape index (κ1) is 4.74. The molecule has 0 atom stereocenters. The molecule has 0 unspecified atom stereocenters. The zero-order chi connectivity index (χ0) is 4.12. The van der Waals surface area contributed by atoms with E-state index in [4.69, 9.17) is 0 Å². The molecule has 0 aromatic rings. The lowest BCUT2D eigenvalue weighted by molar-refractivity contribution is 1.22. The lowest BCUT2D eigenvalue weighted by atomic mass is 10.4. The summed E-state index contributed by atoms with van der Waals surface area (Å²) < 4.78 is 0. The second-order valence-corrected chi connectivity index (χ2v) is 0.880. The standard InChI is InChI=1S/C5H9/c1-3-5-4-2/h3,5H,1,4H2,2H3/b5-3+. The van der Waals surface area contributed by atoms with Gasteiger partial charge >= 0.3 is 0 Å². The lowest BCUT2D eigenvalue weighted by Gasteiger charge is -1.65. The van der Waals surface area contributed by atoms with Gasteiger partial charge in [-0.15, -0.1) is 0 Å². The largest absolute Gasteiger partial charge is 0.0888 e. The molecule has 1 radical (unpaired) electrons. The van der Waals surface area contributed by atoms with Gasteiger partial charge in [0.05, 0.1) is 0 Å². The summed E-state index contributed by atoms with van der Waals surface area (Å²) >= 11 is 0. The number of allylic oxidation sites excluding steroid dienone is 2. The van der Waals surface area contributed by atoms with E-state index in [2.05, 4.69) is 13.8 Å². The molecule has 0 nitrogen and oxygen atoms in total. The van der Waals surface area contributed by atoms with E-state index in [0.29, 0.717) is 0 Å². The van der Waals surface area contributed by atoms with Crippen molar-refractivity contribution in [1.29, 1.82) is 0 Å². The molecule has 29 valence electrons. The first-order valence-electron chi connectivity index (χ1n) is 1.86. The number of hydrogen-bond donors (Lipinski definition) is 0. The predicted molar refractivity (Wildman–Crippen MR) is 24.8 cm³/mol. The van der Waals surface area contributed by atoms with Gasteiger partial charge in [-0.3, -0.25) is 0 Å². The molecule has 0 aromatic carbocycles. The molecular formula is C5H9. The molecule has 0 heterocycles. The van der Waals surface area contributed by atoms with Gasteiger partial charge < -0.3 is 0 Å². The Morgan fingerprint density at radius 3 is 2.40 bits per heavy atom. The fourth-order valence-electron chi connectivity index (χ4n) is 0.167. The maximum Gasteiger partial charge on any atom is -0.0316 e. The summed E-state index contributed by atoms with van der Waals surface area (Å²) in [6, 6.07) is 0. The van der Waals surface area contributed by atoms with Crippen LogP contribution in [0.4, 0.5) is 0 Å². The Kier molecular flexibility index (Phi) is 3.55. The minimum atomic E-state index is 1.10. The fraction of sp³-hybridized carbons (Fsp3) is 0.400. The molecule has 0 amide bonds. The van der Waals surface area contributed by atoms with Gasteiger partial charge in [0.15, 0.2) is 0 Å². The molecule has 0 aliphatic rings. The van der Waals surface area contributed by atoms with Gasteiger partial charge in [0.2, 0.25) is 0 Å². The third-order valence-corrected chi connectivity index (χ3v) is 0.402. The van der Waals surface area contributed by atoms with Crippen molar-refractivity contribution in [1.82, 2.24) is 0 Å². The third-order valence-electron chi connectivity index (χ3n) is 0.402. The van der Waals surface area contributed by atoms with Gasteiger partial charge in [0, 0.05) is 0 Å². The highest BCUT2D eigenvalue weighted by molar-refractivity contribution is 4.81. The summed E-state index contributed by atoms with van der Waals surface area (Å²) in [6.07, 6.45) is 4.92. The van der Waals surface area contributed by atoms with Gasteiger partial charge in [0.1, 0.15) is 0 Å². The average Bonchev–Trinajstić information content (AvgIpc) is 1.41. The fourth-order valence-corrected chi connectivity index (χ4v) is 0.167. The van der Waals surface area contributed by atoms with Gasteiger partial charge in [-0.1, -0.05) is 19.1 Å². The van der Waals surface area contributed by atoms with E-state index in [0.717, 1.165) is 6.42 Å². The maximum absolute atomic E-state index is 3.49. The van der Waals surface area contributed by atoms with Crippen molar-refractivity contribution >= 4 is 0 Å². The molecule has 0 aliphatic heterocycles. The van der Waals surface area contributed by atoms with Crippen LogP contribution in [0, 0.1) is 6.92 Å². The zero-order valence-electron chi connectivity index (χ0n) is 3.57. The Bertz CT molecular complexity index is 27.0. The predicted octanol–water partition coefficient (Wildman–Crippen LogP) is 1.79. The van der Waals surface area contributed by atoms with Gasteiger partial charge in [0.25, 0.3) is 0 Å². The van der Waals surface area contributed by atoms with E-state index in [-0.39, 0.29) is 0 Å². The van der Waals surface area contributed by atoms with Crippen LogP contribution in [0.25, 0.3) is 0 Å². The van der Waals surface area contributed by atoms with E-state index in [1.54, 1.807) is 6.08 Å². The van der Waals surface area contributed by atoms with Crippen LogP contribution >= 0.6 is 0 Å². The minimum Gasteiger partial charge on any atom is -0.0888 e. The molecule has 0 bridgehead atoms. The maximum atomic E-state index is 3.49. The summed E-state index contributed by atoms with van der Waals surface area (Å²) in [5.74, 6) is 0. The topological polar surface area (TPSA) is 0 Å². The molecule has 0 aromatic heterocycles. The third kappa shape index (κ3) is 3.74. The molecule has 0 saturated carbocycles. The van der Waals surface area contributed by atoms with Gasteiger partial charge in [-0.2, -0.15) is 0 Å². The van der Waals surface area contributed by atoms with Crippen LogP contribution in [-0.4, -0.2) is 0 Å². The number of hydrogen-bond acceptors (Lipinski definition) is 0. The smallest absolute Gasteiger partial charge is 0.0316 e. The summed E-state index contributed by atoms with van der Waals surface area (Å²) in [7, 11) is 0. The summed E-state index contributed by atoms with van der Waals surface area (Å²) in [5.41, 5.74) is 0.